The number of fused-ring (bicyclic) bond motifs is 9. The third-order valence-electron chi connectivity index (χ3n) is 13.5. The number of hydrogen-bond acceptors (Lipinski definition) is 1. The summed E-state index contributed by atoms with van der Waals surface area (Å²) in [7, 11) is 0. The van der Waals surface area contributed by atoms with Crippen LogP contribution in [0, 0.1) is 0 Å². The molecule has 0 N–H and O–H groups in total. The van der Waals surface area contributed by atoms with E-state index in [1.165, 1.54) is 98.3 Å². The summed E-state index contributed by atoms with van der Waals surface area (Å²) in [5, 5.41) is 12.4. The van der Waals surface area contributed by atoms with Crippen molar-refractivity contribution in [3.63, 3.8) is 0 Å². The minimum Gasteiger partial charge on any atom is -0.310 e. The lowest BCUT2D eigenvalue weighted by Gasteiger charge is -2.28. The molecule has 0 fully saturated rings. The van der Waals surface area contributed by atoms with Crippen molar-refractivity contribution < 1.29 is 0 Å². The minimum atomic E-state index is 1.09. The molecule has 0 atom stereocenters. The molecular weight excluding hydrogens is 797 g/mol. The van der Waals surface area contributed by atoms with E-state index in [9.17, 15) is 0 Å². The van der Waals surface area contributed by atoms with Gasteiger partial charge in [-0.2, -0.15) is 0 Å². The number of aromatic nitrogens is 1. The van der Waals surface area contributed by atoms with E-state index in [0.717, 1.165) is 22.7 Å². The van der Waals surface area contributed by atoms with Crippen LogP contribution in [0.3, 0.4) is 0 Å². The highest BCUT2D eigenvalue weighted by atomic mass is 15.1. The Hall–Kier alpha value is -8.72. The number of para-hydroxylation sites is 1. The predicted molar refractivity (Wildman–Crippen MR) is 282 cm³/mol. The van der Waals surface area contributed by atoms with E-state index in [4.69, 9.17) is 0 Å². The van der Waals surface area contributed by atoms with Crippen LogP contribution >= 0.6 is 0 Å². The number of hydrogen-bond donors (Lipinski definition) is 0. The fourth-order valence-electron chi connectivity index (χ4n) is 10.4. The van der Waals surface area contributed by atoms with Gasteiger partial charge in [0.1, 0.15) is 0 Å². The molecule has 0 radical (unpaired) electrons. The number of benzene rings is 12. The van der Waals surface area contributed by atoms with Gasteiger partial charge in [-0.1, -0.05) is 200 Å². The molecule has 13 rings (SSSR count). The fraction of sp³-hybridized carbons (Fsp3) is 0. The lowest BCUT2D eigenvalue weighted by Crippen LogP contribution is -2.10. The zero-order valence-corrected chi connectivity index (χ0v) is 36.1. The van der Waals surface area contributed by atoms with Crippen molar-refractivity contribution in [2.24, 2.45) is 0 Å². The first-order valence-corrected chi connectivity index (χ1v) is 22.7. The first-order valence-electron chi connectivity index (χ1n) is 22.7. The number of rotatable bonds is 7. The summed E-state index contributed by atoms with van der Waals surface area (Å²) in [6, 6.07) is 93.3. The van der Waals surface area contributed by atoms with Crippen LogP contribution in [-0.2, 0) is 0 Å². The zero-order chi connectivity index (χ0) is 43.6. The van der Waals surface area contributed by atoms with Crippen LogP contribution in [0.25, 0.3) is 104 Å². The summed E-state index contributed by atoms with van der Waals surface area (Å²) in [5.41, 5.74) is 14.1. The van der Waals surface area contributed by atoms with Gasteiger partial charge in [-0.25, -0.2) is 0 Å². The maximum atomic E-state index is 2.45. The van der Waals surface area contributed by atoms with Crippen molar-refractivity contribution in [1.29, 1.82) is 0 Å². The average Bonchev–Trinajstić information content (AvgIpc) is 3.73. The average molecular weight is 839 g/mol. The Bertz CT molecular complexity index is 3960. The Morgan fingerprint density at radius 2 is 0.803 bits per heavy atom. The Morgan fingerprint density at radius 1 is 0.273 bits per heavy atom. The van der Waals surface area contributed by atoms with Crippen LogP contribution in [0.5, 0.6) is 0 Å². The van der Waals surface area contributed by atoms with Gasteiger partial charge in [0.2, 0.25) is 0 Å². The summed E-state index contributed by atoms with van der Waals surface area (Å²) in [5.74, 6) is 0. The maximum absolute atomic E-state index is 2.45. The van der Waals surface area contributed by atoms with Gasteiger partial charge in [-0.05, 0) is 120 Å². The van der Waals surface area contributed by atoms with Gasteiger partial charge in [-0.15, -0.1) is 0 Å². The van der Waals surface area contributed by atoms with E-state index in [-0.39, 0.29) is 0 Å². The van der Waals surface area contributed by atoms with Gasteiger partial charge < -0.3 is 9.47 Å². The van der Waals surface area contributed by atoms with E-state index in [0.29, 0.717) is 0 Å². The van der Waals surface area contributed by atoms with Gasteiger partial charge in [0.15, 0.2) is 0 Å². The van der Waals surface area contributed by atoms with E-state index in [2.05, 4.69) is 264 Å². The third-order valence-corrected chi connectivity index (χ3v) is 13.5. The Labute approximate surface area is 383 Å². The standard InChI is InChI=1S/C64H42N2/c1-3-14-43(15-4-1)48-27-26-46-18-13-25-54(61(46)40-48)47-30-36-53(37-31-47)65(62-42-50-17-8-9-21-55(50)57-23-11-12-24-58(57)62)52-34-28-44(29-35-52)49-33-38-59-60-39-32-45-16-7-10-22-56(45)64(60)66(63(59)41-49)51-19-5-2-6-20-51/h1-42H. The van der Waals surface area contributed by atoms with E-state index in [1.54, 1.807) is 0 Å². The highest BCUT2D eigenvalue weighted by Crippen LogP contribution is 2.44. The minimum absolute atomic E-state index is 1.09. The second-order valence-electron chi connectivity index (χ2n) is 17.3. The van der Waals surface area contributed by atoms with Gasteiger partial charge in [0.25, 0.3) is 0 Å². The van der Waals surface area contributed by atoms with Gasteiger partial charge in [0, 0.05) is 38.6 Å². The molecule has 0 saturated carbocycles. The molecule has 1 aromatic heterocycles. The third kappa shape index (κ3) is 6.26. The zero-order valence-electron chi connectivity index (χ0n) is 36.1. The van der Waals surface area contributed by atoms with Crippen LogP contribution < -0.4 is 4.90 Å². The van der Waals surface area contributed by atoms with Crippen molar-refractivity contribution in [2.75, 3.05) is 4.90 Å². The fourth-order valence-corrected chi connectivity index (χ4v) is 10.4. The van der Waals surface area contributed by atoms with Crippen LogP contribution in [0.15, 0.2) is 255 Å². The lowest BCUT2D eigenvalue weighted by molar-refractivity contribution is 1.19. The molecule has 0 aliphatic rings. The summed E-state index contributed by atoms with van der Waals surface area (Å²) in [4.78, 5) is 2.43. The molecule has 0 aliphatic carbocycles. The molecule has 2 heteroatoms. The molecule has 0 saturated heterocycles. The molecular formula is C64H42N2. The van der Waals surface area contributed by atoms with Crippen molar-refractivity contribution in [1.82, 2.24) is 4.57 Å². The molecule has 0 amide bonds. The van der Waals surface area contributed by atoms with Crippen LogP contribution in [-0.4, -0.2) is 4.57 Å². The summed E-state index contributed by atoms with van der Waals surface area (Å²) < 4.78 is 2.45. The molecule has 0 unspecified atom stereocenters. The molecule has 66 heavy (non-hydrogen) atoms. The SMILES string of the molecule is c1ccc(-c2ccc3cccc(-c4ccc(N(c5ccc(-c6ccc7c8ccc9ccccc9c8n(-c8ccccc8)c7c6)cc5)c5cc6ccccc6c6ccccc56)cc4)c3c2)cc1. The lowest BCUT2D eigenvalue weighted by atomic mass is 9.94. The Balaban J connectivity index is 0.949. The van der Waals surface area contributed by atoms with E-state index < -0.39 is 0 Å². The van der Waals surface area contributed by atoms with Gasteiger partial charge in [-0.3, -0.25) is 0 Å². The normalized spacial score (nSPS) is 11.6. The molecule has 0 aliphatic heterocycles. The molecule has 2 nitrogen and oxygen atoms in total. The monoisotopic (exact) mass is 838 g/mol. The summed E-state index contributed by atoms with van der Waals surface area (Å²) in [6.45, 7) is 0. The predicted octanol–water partition coefficient (Wildman–Crippen LogP) is 17.9. The quantitative estimate of drug-likeness (QED) is 0.145. The van der Waals surface area contributed by atoms with Crippen molar-refractivity contribution in [2.45, 2.75) is 0 Å². The van der Waals surface area contributed by atoms with Gasteiger partial charge >= 0.3 is 0 Å². The van der Waals surface area contributed by atoms with Crippen LogP contribution in [0.1, 0.15) is 0 Å². The maximum Gasteiger partial charge on any atom is 0.0619 e. The van der Waals surface area contributed by atoms with Crippen molar-refractivity contribution in [3.8, 4) is 39.1 Å². The topological polar surface area (TPSA) is 8.17 Å². The van der Waals surface area contributed by atoms with Crippen LogP contribution in [0.2, 0.25) is 0 Å². The van der Waals surface area contributed by atoms with E-state index >= 15 is 0 Å². The second-order valence-corrected chi connectivity index (χ2v) is 17.3. The number of anilines is 3. The first-order chi connectivity index (χ1) is 32.7. The largest absolute Gasteiger partial charge is 0.310 e. The Morgan fingerprint density at radius 3 is 1.58 bits per heavy atom. The molecule has 308 valence electrons. The smallest absolute Gasteiger partial charge is 0.0619 e. The van der Waals surface area contributed by atoms with E-state index in [1.807, 2.05) is 0 Å². The van der Waals surface area contributed by atoms with Crippen LogP contribution in [0.4, 0.5) is 17.1 Å². The summed E-state index contributed by atoms with van der Waals surface area (Å²) >= 11 is 0. The Kier molecular flexibility index (Phi) is 8.89. The van der Waals surface area contributed by atoms with Crippen molar-refractivity contribution >= 4 is 82.0 Å². The molecule has 0 bridgehead atoms. The number of nitrogens with zero attached hydrogens (tertiary/aromatic N) is 2. The molecule has 0 spiro atoms. The van der Waals surface area contributed by atoms with Crippen molar-refractivity contribution in [3.05, 3.63) is 255 Å². The molecule has 13 aromatic rings. The first kappa shape index (κ1) is 37.8. The highest BCUT2D eigenvalue weighted by molar-refractivity contribution is 6.19. The molecule has 1 heterocycles. The highest BCUT2D eigenvalue weighted by Gasteiger charge is 2.20. The van der Waals surface area contributed by atoms with Gasteiger partial charge in [0.05, 0.1) is 16.7 Å². The second kappa shape index (κ2) is 15.5. The molecule has 12 aromatic carbocycles. The summed E-state index contributed by atoms with van der Waals surface area (Å²) in [6.07, 6.45) is 0.